The number of rotatable bonds is 1. The van der Waals surface area contributed by atoms with Gasteiger partial charge >= 0.3 is 0 Å². The van der Waals surface area contributed by atoms with Gasteiger partial charge in [0, 0.05) is 19.3 Å². The minimum atomic E-state index is 0. The van der Waals surface area contributed by atoms with E-state index < -0.39 is 0 Å². The van der Waals surface area contributed by atoms with Crippen LogP contribution in [0.1, 0.15) is 12.8 Å². The lowest BCUT2D eigenvalue weighted by molar-refractivity contribution is 0.906. The van der Waals surface area contributed by atoms with Crippen molar-refractivity contribution in [2.75, 3.05) is 23.7 Å². The van der Waals surface area contributed by atoms with Gasteiger partial charge in [-0.1, -0.05) is 0 Å². The molecular formula is C11H14ClN5. The largest absolute Gasteiger partial charge is 0.383 e. The molecule has 2 aromatic rings. The Morgan fingerprint density at radius 1 is 1.18 bits per heavy atom. The number of nitrogens with zero attached hydrogens (tertiary/aromatic N) is 4. The topological polar surface area (TPSA) is 67.9 Å². The van der Waals surface area contributed by atoms with Gasteiger partial charge in [-0.2, -0.15) is 9.97 Å². The van der Waals surface area contributed by atoms with Crippen molar-refractivity contribution in [3.63, 3.8) is 0 Å². The Hall–Kier alpha value is -1.62. The van der Waals surface area contributed by atoms with Gasteiger partial charge in [0.1, 0.15) is 5.82 Å². The van der Waals surface area contributed by atoms with E-state index >= 15 is 0 Å². The summed E-state index contributed by atoms with van der Waals surface area (Å²) >= 11 is 0. The number of hydrogen-bond acceptors (Lipinski definition) is 5. The Morgan fingerprint density at radius 2 is 1.94 bits per heavy atom. The highest BCUT2D eigenvalue weighted by molar-refractivity contribution is 5.86. The normalized spacial score (nSPS) is 14.9. The summed E-state index contributed by atoms with van der Waals surface area (Å²) in [5, 5.41) is 0.824. The molecule has 1 aliphatic rings. The molecule has 3 rings (SSSR count). The number of hydrogen-bond donors (Lipinski definition) is 1. The molecule has 0 saturated carbocycles. The molecule has 0 aromatic carbocycles. The fourth-order valence-electron chi connectivity index (χ4n) is 2.03. The predicted octanol–water partition coefficient (Wildman–Crippen LogP) is 1.63. The van der Waals surface area contributed by atoms with E-state index in [2.05, 4.69) is 19.9 Å². The Morgan fingerprint density at radius 3 is 2.71 bits per heavy atom. The third kappa shape index (κ3) is 2.10. The van der Waals surface area contributed by atoms with Crippen molar-refractivity contribution in [3.05, 3.63) is 18.3 Å². The van der Waals surface area contributed by atoms with Crippen molar-refractivity contribution >= 4 is 35.2 Å². The Kier molecular flexibility index (Phi) is 3.28. The summed E-state index contributed by atoms with van der Waals surface area (Å²) in [4.78, 5) is 15.2. The maximum atomic E-state index is 5.91. The second-order valence-corrected chi connectivity index (χ2v) is 3.98. The first-order valence-corrected chi connectivity index (χ1v) is 5.48. The zero-order chi connectivity index (χ0) is 11.0. The van der Waals surface area contributed by atoms with Crippen molar-refractivity contribution < 1.29 is 0 Å². The Bertz CT molecular complexity index is 524. The Balaban J connectivity index is 0.00000108. The van der Waals surface area contributed by atoms with E-state index in [1.807, 2.05) is 12.1 Å². The number of pyridine rings is 1. The van der Waals surface area contributed by atoms with E-state index in [1.165, 1.54) is 12.8 Å². The zero-order valence-electron chi connectivity index (χ0n) is 9.33. The molecule has 2 aromatic heterocycles. The van der Waals surface area contributed by atoms with Crippen LogP contribution in [0.15, 0.2) is 18.3 Å². The molecule has 1 fully saturated rings. The molecule has 3 heterocycles. The van der Waals surface area contributed by atoms with Gasteiger partial charge in [0.25, 0.3) is 0 Å². The van der Waals surface area contributed by atoms with Gasteiger partial charge in [0.2, 0.25) is 5.95 Å². The highest BCUT2D eigenvalue weighted by atomic mass is 35.5. The fraction of sp³-hybridized carbons (Fsp3) is 0.364. The van der Waals surface area contributed by atoms with Gasteiger partial charge in [-0.25, -0.2) is 4.98 Å². The maximum absolute atomic E-state index is 5.91. The molecule has 0 atom stereocenters. The molecule has 90 valence electrons. The Labute approximate surface area is 105 Å². The number of aromatic nitrogens is 3. The summed E-state index contributed by atoms with van der Waals surface area (Å²) in [7, 11) is 0. The van der Waals surface area contributed by atoms with E-state index in [0.29, 0.717) is 17.4 Å². The molecule has 0 radical (unpaired) electrons. The smallest absolute Gasteiger partial charge is 0.229 e. The molecule has 0 unspecified atom stereocenters. The number of nitrogen functional groups attached to an aromatic ring is 1. The lowest BCUT2D eigenvalue weighted by Crippen LogP contribution is -2.21. The van der Waals surface area contributed by atoms with Gasteiger partial charge in [0.15, 0.2) is 5.65 Å². The number of fused-ring (bicyclic) bond motifs is 1. The predicted molar refractivity (Wildman–Crippen MR) is 70.4 cm³/mol. The van der Waals surface area contributed by atoms with Crippen LogP contribution in [0.3, 0.4) is 0 Å². The average Bonchev–Trinajstić information content (AvgIpc) is 2.82. The van der Waals surface area contributed by atoms with Crippen LogP contribution in [0, 0.1) is 0 Å². The fourth-order valence-corrected chi connectivity index (χ4v) is 2.03. The van der Waals surface area contributed by atoms with Crippen LogP contribution in [0.4, 0.5) is 11.8 Å². The third-order valence-electron chi connectivity index (χ3n) is 2.88. The lowest BCUT2D eigenvalue weighted by atomic mass is 10.3. The minimum absolute atomic E-state index is 0. The monoisotopic (exact) mass is 251 g/mol. The number of halogens is 1. The van der Waals surface area contributed by atoms with E-state index in [0.717, 1.165) is 18.5 Å². The first kappa shape index (κ1) is 11.9. The second-order valence-electron chi connectivity index (χ2n) is 3.98. The van der Waals surface area contributed by atoms with Crippen molar-refractivity contribution in [2.24, 2.45) is 0 Å². The summed E-state index contributed by atoms with van der Waals surface area (Å²) in [6.45, 7) is 2.02. The van der Waals surface area contributed by atoms with Gasteiger partial charge in [-0.05, 0) is 25.0 Å². The molecule has 6 heteroatoms. The van der Waals surface area contributed by atoms with Crippen molar-refractivity contribution in [3.8, 4) is 0 Å². The summed E-state index contributed by atoms with van der Waals surface area (Å²) in [5.41, 5.74) is 6.58. The third-order valence-corrected chi connectivity index (χ3v) is 2.88. The number of anilines is 2. The van der Waals surface area contributed by atoms with Gasteiger partial charge in [0.05, 0.1) is 5.39 Å². The van der Waals surface area contributed by atoms with Crippen LogP contribution in [0.5, 0.6) is 0 Å². The first-order valence-electron chi connectivity index (χ1n) is 5.48. The molecule has 0 amide bonds. The summed E-state index contributed by atoms with van der Waals surface area (Å²) < 4.78 is 0. The first-order chi connectivity index (χ1) is 7.84. The van der Waals surface area contributed by atoms with E-state index in [-0.39, 0.29) is 12.4 Å². The van der Waals surface area contributed by atoms with Gasteiger partial charge in [-0.3, -0.25) is 0 Å². The highest BCUT2D eigenvalue weighted by Crippen LogP contribution is 2.21. The minimum Gasteiger partial charge on any atom is -0.383 e. The zero-order valence-corrected chi connectivity index (χ0v) is 10.2. The van der Waals surface area contributed by atoms with E-state index in [9.17, 15) is 0 Å². The molecule has 1 aliphatic heterocycles. The van der Waals surface area contributed by atoms with Crippen molar-refractivity contribution in [2.45, 2.75) is 12.8 Å². The van der Waals surface area contributed by atoms with Crippen molar-refractivity contribution in [1.29, 1.82) is 0 Å². The lowest BCUT2D eigenvalue weighted by Gasteiger charge is -2.15. The molecule has 0 bridgehead atoms. The van der Waals surface area contributed by atoms with Gasteiger partial charge < -0.3 is 10.6 Å². The molecular weight excluding hydrogens is 238 g/mol. The molecule has 0 spiro atoms. The van der Waals surface area contributed by atoms with Gasteiger partial charge in [-0.15, -0.1) is 12.4 Å². The van der Waals surface area contributed by atoms with Crippen LogP contribution in [-0.2, 0) is 0 Å². The quantitative estimate of drug-likeness (QED) is 0.834. The highest BCUT2D eigenvalue weighted by Gasteiger charge is 2.16. The van der Waals surface area contributed by atoms with Crippen molar-refractivity contribution in [1.82, 2.24) is 15.0 Å². The maximum Gasteiger partial charge on any atom is 0.229 e. The summed E-state index contributed by atoms with van der Waals surface area (Å²) in [6.07, 6.45) is 4.12. The average molecular weight is 252 g/mol. The second kappa shape index (κ2) is 4.71. The standard InChI is InChI=1S/C11H13N5.ClH/c12-9-8-4-3-5-13-10(8)15-11(14-9)16-6-1-2-7-16;/h3-5H,1-2,6-7H2,(H2,12,13,14,15);1H. The molecule has 0 aliphatic carbocycles. The van der Waals surface area contributed by atoms with Crippen LogP contribution >= 0.6 is 12.4 Å². The van der Waals surface area contributed by atoms with Crippen LogP contribution in [0.2, 0.25) is 0 Å². The summed E-state index contributed by atoms with van der Waals surface area (Å²) in [6, 6.07) is 3.74. The molecule has 2 N–H and O–H groups in total. The molecule has 17 heavy (non-hydrogen) atoms. The molecule has 1 saturated heterocycles. The molecule has 5 nitrogen and oxygen atoms in total. The number of nitrogens with two attached hydrogens (primary N) is 1. The van der Waals surface area contributed by atoms with E-state index in [1.54, 1.807) is 6.20 Å². The summed E-state index contributed by atoms with van der Waals surface area (Å²) in [5.74, 6) is 1.22. The van der Waals surface area contributed by atoms with E-state index in [4.69, 9.17) is 5.73 Å². The van der Waals surface area contributed by atoms with Crippen LogP contribution in [-0.4, -0.2) is 28.0 Å². The van der Waals surface area contributed by atoms with Crippen LogP contribution in [0.25, 0.3) is 11.0 Å². The SMILES string of the molecule is Cl.Nc1nc(N2CCCC2)nc2ncccc12. The van der Waals surface area contributed by atoms with Crippen LogP contribution < -0.4 is 10.6 Å².